The summed E-state index contributed by atoms with van der Waals surface area (Å²) in [5.41, 5.74) is 8.22. The molecule has 14 heavy (non-hydrogen) atoms. The van der Waals surface area contributed by atoms with Crippen LogP contribution in [0.15, 0.2) is 30.3 Å². The summed E-state index contributed by atoms with van der Waals surface area (Å²) in [6, 6.07) is 9.38. The molecule has 0 aliphatic heterocycles. The summed E-state index contributed by atoms with van der Waals surface area (Å²) in [5, 5.41) is 4.86. The summed E-state index contributed by atoms with van der Waals surface area (Å²) in [6.45, 7) is 0. The van der Waals surface area contributed by atoms with Gasteiger partial charge in [-0.15, -0.1) is 0 Å². The highest BCUT2D eigenvalue weighted by Crippen LogP contribution is 2.22. The summed E-state index contributed by atoms with van der Waals surface area (Å²) in [4.78, 5) is 0. The summed E-state index contributed by atoms with van der Waals surface area (Å²) >= 11 is 5.89. The van der Waals surface area contributed by atoms with E-state index in [4.69, 9.17) is 17.3 Å². The Kier molecular flexibility index (Phi) is 2.17. The molecule has 0 amide bonds. The van der Waals surface area contributed by atoms with Crippen molar-refractivity contribution in [3.63, 3.8) is 0 Å². The molecule has 1 aromatic heterocycles. The Balaban J connectivity index is 2.49. The van der Waals surface area contributed by atoms with E-state index in [0.717, 1.165) is 16.9 Å². The van der Waals surface area contributed by atoms with Crippen LogP contribution in [0.2, 0.25) is 5.15 Å². The van der Waals surface area contributed by atoms with E-state index in [0.29, 0.717) is 5.15 Å². The Morgan fingerprint density at radius 1 is 1.36 bits per heavy atom. The van der Waals surface area contributed by atoms with Gasteiger partial charge in [-0.2, -0.15) is 5.10 Å². The molecular formula is C10H10ClN3. The van der Waals surface area contributed by atoms with Gasteiger partial charge in [0.2, 0.25) is 0 Å². The van der Waals surface area contributed by atoms with Crippen molar-refractivity contribution in [1.29, 1.82) is 0 Å². The van der Waals surface area contributed by atoms with Gasteiger partial charge < -0.3 is 5.73 Å². The number of hydrogen-bond donors (Lipinski definition) is 1. The van der Waals surface area contributed by atoms with Gasteiger partial charge in [0.05, 0.1) is 5.69 Å². The number of hydrogen-bond acceptors (Lipinski definition) is 2. The second kappa shape index (κ2) is 3.35. The van der Waals surface area contributed by atoms with Crippen LogP contribution in [-0.4, -0.2) is 9.78 Å². The lowest BCUT2D eigenvalue weighted by Crippen LogP contribution is -1.90. The average molecular weight is 208 g/mol. The maximum absolute atomic E-state index is 5.89. The minimum absolute atomic E-state index is 0.613. The van der Waals surface area contributed by atoms with Crippen molar-refractivity contribution < 1.29 is 0 Å². The van der Waals surface area contributed by atoms with E-state index < -0.39 is 0 Å². The molecule has 3 nitrogen and oxygen atoms in total. The molecule has 0 radical (unpaired) electrons. The normalized spacial score (nSPS) is 10.4. The van der Waals surface area contributed by atoms with E-state index in [2.05, 4.69) is 5.10 Å². The molecule has 2 rings (SSSR count). The second-order valence-corrected chi connectivity index (χ2v) is 3.49. The van der Waals surface area contributed by atoms with Crippen LogP contribution in [0.3, 0.4) is 0 Å². The Hall–Kier alpha value is -1.48. The van der Waals surface area contributed by atoms with Crippen LogP contribution < -0.4 is 5.73 Å². The van der Waals surface area contributed by atoms with Crippen LogP contribution in [0.25, 0.3) is 11.3 Å². The number of aromatic nitrogens is 2. The number of anilines is 1. The van der Waals surface area contributed by atoms with Crippen molar-refractivity contribution in [2.24, 2.45) is 7.05 Å². The second-order valence-electron chi connectivity index (χ2n) is 3.10. The first-order valence-electron chi connectivity index (χ1n) is 4.22. The third-order valence-corrected chi connectivity index (χ3v) is 2.36. The number of aryl methyl sites for hydroxylation is 1. The zero-order chi connectivity index (χ0) is 10.1. The summed E-state index contributed by atoms with van der Waals surface area (Å²) < 4.78 is 1.63. The standard InChI is InChI=1S/C10H10ClN3/c1-14-10(11)6-9(13-14)7-3-2-4-8(12)5-7/h2-6H,12H2,1H3. The van der Waals surface area contributed by atoms with E-state index in [9.17, 15) is 0 Å². The number of benzene rings is 1. The van der Waals surface area contributed by atoms with Crippen LogP contribution in [-0.2, 0) is 7.05 Å². The molecule has 0 aliphatic rings. The maximum Gasteiger partial charge on any atom is 0.127 e. The molecule has 2 N–H and O–H groups in total. The monoisotopic (exact) mass is 207 g/mol. The van der Waals surface area contributed by atoms with Crippen molar-refractivity contribution in [3.8, 4) is 11.3 Å². The van der Waals surface area contributed by atoms with Crippen LogP contribution in [0, 0.1) is 0 Å². The Bertz CT molecular complexity index is 443. The minimum atomic E-state index is 0.613. The molecule has 0 aliphatic carbocycles. The quantitative estimate of drug-likeness (QED) is 0.730. The van der Waals surface area contributed by atoms with Crippen molar-refractivity contribution in [1.82, 2.24) is 9.78 Å². The molecule has 1 heterocycles. The van der Waals surface area contributed by atoms with Crippen LogP contribution >= 0.6 is 11.6 Å². The molecule has 0 saturated carbocycles. The molecule has 0 unspecified atom stereocenters. The Morgan fingerprint density at radius 3 is 2.71 bits per heavy atom. The Morgan fingerprint density at radius 2 is 2.14 bits per heavy atom. The molecule has 0 saturated heterocycles. The van der Waals surface area contributed by atoms with Gasteiger partial charge in [0, 0.05) is 24.4 Å². The molecule has 0 atom stereocenters. The van der Waals surface area contributed by atoms with E-state index in [1.165, 1.54) is 0 Å². The predicted octanol–water partition coefficient (Wildman–Crippen LogP) is 2.32. The number of nitrogen functional groups attached to an aromatic ring is 1. The summed E-state index contributed by atoms with van der Waals surface area (Å²) in [7, 11) is 1.80. The summed E-state index contributed by atoms with van der Waals surface area (Å²) in [5.74, 6) is 0. The largest absolute Gasteiger partial charge is 0.399 e. The maximum atomic E-state index is 5.89. The van der Waals surface area contributed by atoms with Gasteiger partial charge >= 0.3 is 0 Å². The van der Waals surface area contributed by atoms with Crippen molar-refractivity contribution in [3.05, 3.63) is 35.5 Å². The minimum Gasteiger partial charge on any atom is -0.399 e. The highest BCUT2D eigenvalue weighted by molar-refractivity contribution is 6.29. The summed E-state index contributed by atoms with van der Waals surface area (Å²) in [6.07, 6.45) is 0. The molecule has 0 bridgehead atoms. The highest BCUT2D eigenvalue weighted by Gasteiger charge is 2.04. The Labute approximate surface area is 87.1 Å². The fourth-order valence-electron chi connectivity index (χ4n) is 1.28. The first-order chi connectivity index (χ1) is 6.66. The first-order valence-corrected chi connectivity index (χ1v) is 4.60. The van der Waals surface area contributed by atoms with Crippen molar-refractivity contribution >= 4 is 17.3 Å². The number of rotatable bonds is 1. The zero-order valence-electron chi connectivity index (χ0n) is 7.74. The SMILES string of the molecule is Cn1nc(-c2cccc(N)c2)cc1Cl. The molecule has 0 spiro atoms. The van der Waals surface area contributed by atoms with Gasteiger partial charge in [-0.25, -0.2) is 0 Å². The van der Waals surface area contributed by atoms with E-state index in [1.54, 1.807) is 11.7 Å². The molecular weight excluding hydrogens is 198 g/mol. The van der Waals surface area contributed by atoms with Crippen molar-refractivity contribution in [2.75, 3.05) is 5.73 Å². The average Bonchev–Trinajstić information content (AvgIpc) is 2.47. The number of nitrogens with two attached hydrogens (primary N) is 1. The van der Waals surface area contributed by atoms with Gasteiger partial charge in [0.1, 0.15) is 5.15 Å². The molecule has 0 fully saturated rings. The van der Waals surface area contributed by atoms with E-state index >= 15 is 0 Å². The van der Waals surface area contributed by atoms with Crippen LogP contribution in [0.4, 0.5) is 5.69 Å². The van der Waals surface area contributed by atoms with E-state index in [-0.39, 0.29) is 0 Å². The van der Waals surface area contributed by atoms with Gasteiger partial charge in [0.25, 0.3) is 0 Å². The van der Waals surface area contributed by atoms with Gasteiger partial charge in [-0.1, -0.05) is 23.7 Å². The third kappa shape index (κ3) is 1.59. The predicted molar refractivity (Wildman–Crippen MR) is 58.1 cm³/mol. The molecule has 4 heteroatoms. The van der Waals surface area contributed by atoms with Crippen molar-refractivity contribution in [2.45, 2.75) is 0 Å². The molecule has 72 valence electrons. The molecule has 1 aromatic carbocycles. The van der Waals surface area contributed by atoms with E-state index in [1.807, 2.05) is 30.3 Å². The van der Waals surface area contributed by atoms with Gasteiger partial charge in [-0.3, -0.25) is 4.68 Å². The smallest absolute Gasteiger partial charge is 0.127 e. The lowest BCUT2D eigenvalue weighted by molar-refractivity contribution is 0.772. The van der Waals surface area contributed by atoms with Crippen LogP contribution in [0.1, 0.15) is 0 Å². The number of nitrogens with zero attached hydrogens (tertiary/aromatic N) is 2. The fraction of sp³-hybridized carbons (Fsp3) is 0.100. The lowest BCUT2D eigenvalue weighted by Gasteiger charge is -1.97. The lowest BCUT2D eigenvalue weighted by atomic mass is 10.1. The topological polar surface area (TPSA) is 43.8 Å². The van der Waals surface area contributed by atoms with Crippen LogP contribution in [0.5, 0.6) is 0 Å². The van der Waals surface area contributed by atoms with Gasteiger partial charge in [-0.05, 0) is 12.1 Å². The van der Waals surface area contributed by atoms with Gasteiger partial charge in [0.15, 0.2) is 0 Å². The molecule has 2 aromatic rings. The first kappa shape index (κ1) is 9.09. The fourth-order valence-corrected chi connectivity index (χ4v) is 1.42. The third-order valence-electron chi connectivity index (χ3n) is 2.01. The zero-order valence-corrected chi connectivity index (χ0v) is 8.49. The highest BCUT2D eigenvalue weighted by atomic mass is 35.5. The number of halogens is 1.